The van der Waals surface area contributed by atoms with Crippen LogP contribution in [-0.2, 0) is 0 Å². The normalized spacial score (nSPS) is 42.9. The molecule has 3 unspecified atom stereocenters. The third kappa shape index (κ3) is 3.20. The van der Waals surface area contributed by atoms with Crippen molar-refractivity contribution in [3.63, 3.8) is 0 Å². The molecule has 3 aliphatic rings. The second-order valence-electron chi connectivity index (χ2n) is 6.74. The van der Waals surface area contributed by atoms with Gasteiger partial charge in [-0.15, -0.1) is 0 Å². The molecule has 1 aliphatic heterocycles. The maximum atomic E-state index is 3.90. The first-order chi connectivity index (χ1) is 8.25. The first-order valence-electron chi connectivity index (χ1n) is 7.62. The molecular formula is C15H27NS. The van der Waals surface area contributed by atoms with Gasteiger partial charge in [-0.05, 0) is 63.0 Å². The third-order valence-corrected chi connectivity index (χ3v) is 6.61. The van der Waals surface area contributed by atoms with Crippen molar-refractivity contribution in [2.24, 2.45) is 11.8 Å². The van der Waals surface area contributed by atoms with Gasteiger partial charge in [0.2, 0.25) is 0 Å². The highest BCUT2D eigenvalue weighted by Gasteiger charge is 2.35. The molecule has 17 heavy (non-hydrogen) atoms. The average Bonchev–Trinajstić information content (AvgIpc) is 3.11. The van der Waals surface area contributed by atoms with Crippen LogP contribution in [0.25, 0.3) is 0 Å². The van der Waals surface area contributed by atoms with Crippen LogP contribution in [0.2, 0.25) is 0 Å². The van der Waals surface area contributed by atoms with E-state index in [-0.39, 0.29) is 0 Å². The number of thioether (sulfide) groups is 1. The van der Waals surface area contributed by atoms with Crippen LogP contribution < -0.4 is 5.32 Å². The second-order valence-corrected chi connectivity index (χ2v) is 8.43. The van der Waals surface area contributed by atoms with Gasteiger partial charge in [0.1, 0.15) is 0 Å². The Bertz CT molecular complexity index is 256. The predicted molar refractivity (Wildman–Crippen MR) is 76.6 cm³/mol. The molecule has 1 nitrogen and oxygen atoms in total. The fourth-order valence-electron chi connectivity index (χ4n) is 3.75. The molecule has 1 saturated heterocycles. The maximum Gasteiger partial charge on any atom is 0.0256 e. The quantitative estimate of drug-likeness (QED) is 0.817. The van der Waals surface area contributed by atoms with Gasteiger partial charge in [-0.25, -0.2) is 0 Å². The van der Waals surface area contributed by atoms with Gasteiger partial charge in [-0.2, -0.15) is 11.8 Å². The predicted octanol–water partition coefficient (Wildman–Crippen LogP) is 3.83. The Hall–Kier alpha value is 0.310. The number of hydrogen-bond donors (Lipinski definition) is 1. The van der Waals surface area contributed by atoms with Crippen LogP contribution >= 0.6 is 11.8 Å². The molecule has 2 saturated carbocycles. The molecule has 3 rings (SSSR count). The van der Waals surface area contributed by atoms with Crippen LogP contribution in [0.1, 0.15) is 58.3 Å². The molecule has 0 bridgehead atoms. The monoisotopic (exact) mass is 253 g/mol. The SMILES string of the molecule is CC1(CNC2CCCC(C3CC3)C2)CCCS1. The van der Waals surface area contributed by atoms with E-state index in [0.717, 1.165) is 17.9 Å². The van der Waals surface area contributed by atoms with E-state index in [1.165, 1.54) is 63.7 Å². The van der Waals surface area contributed by atoms with Gasteiger partial charge in [0, 0.05) is 17.3 Å². The Morgan fingerprint density at radius 3 is 2.71 bits per heavy atom. The highest BCUT2D eigenvalue weighted by atomic mass is 32.2. The lowest BCUT2D eigenvalue weighted by molar-refractivity contribution is 0.257. The van der Waals surface area contributed by atoms with E-state index in [9.17, 15) is 0 Å². The van der Waals surface area contributed by atoms with Crippen LogP contribution in [-0.4, -0.2) is 23.1 Å². The van der Waals surface area contributed by atoms with Crippen LogP contribution in [0.4, 0.5) is 0 Å². The minimum atomic E-state index is 0.548. The maximum absolute atomic E-state index is 3.90. The fraction of sp³-hybridized carbons (Fsp3) is 1.00. The van der Waals surface area contributed by atoms with E-state index >= 15 is 0 Å². The highest BCUT2D eigenvalue weighted by molar-refractivity contribution is 8.00. The first-order valence-corrected chi connectivity index (χ1v) is 8.61. The fourth-order valence-corrected chi connectivity index (χ4v) is 5.00. The van der Waals surface area contributed by atoms with Gasteiger partial charge < -0.3 is 5.32 Å². The molecule has 0 aromatic heterocycles. The van der Waals surface area contributed by atoms with Crippen LogP contribution in [0.5, 0.6) is 0 Å². The van der Waals surface area contributed by atoms with E-state index in [1.54, 1.807) is 0 Å². The molecule has 2 aliphatic carbocycles. The zero-order valence-corrected chi connectivity index (χ0v) is 12.0. The second kappa shape index (κ2) is 5.13. The van der Waals surface area contributed by atoms with Crippen molar-refractivity contribution in [2.45, 2.75) is 69.1 Å². The molecule has 0 aromatic rings. The van der Waals surface area contributed by atoms with Gasteiger partial charge in [0.15, 0.2) is 0 Å². The molecule has 1 N–H and O–H groups in total. The molecule has 0 spiro atoms. The molecule has 98 valence electrons. The molecule has 0 radical (unpaired) electrons. The van der Waals surface area contributed by atoms with Crippen molar-refractivity contribution in [2.75, 3.05) is 12.3 Å². The minimum absolute atomic E-state index is 0.548. The van der Waals surface area contributed by atoms with Crippen molar-refractivity contribution in [3.8, 4) is 0 Å². The molecule has 0 amide bonds. The lowest BCUT2D eigenvalue weighted by atomic mass is 9.82. The summed E-state index contributed by atoms with van der Waals surface area (Å²) < 4.78 is 0.548. The summed E-state index contributed by atoms with van der Waals surface area (Å²) in [5.41, 5.74) is 0. The summed E-state index contributed by atoms with van der Waals surface area (Å²) >= 11 is 2.19. The summed E-state index contributed by atoms with van der Waals surface area (Å²) in [5, 5.41) is 3.90. The van der Waals surface area contributed by atoms with Crippen molar-refractivity contribution in [1.82, 2.24) is 5.32 Å². The van der Waals surface area contributed by atoms with Gasteiger partial charge in [0.05, 0.1) is 0 Å². The third-order valence-electron chi connectivity index (χ3n) is 5.07. The summed E-state index contributed by atoms with van der Waals surface area (Å²) in [7, 11) is 0. The zero-order chi connectivity index (χ0) is 11.7. The lowest BCUT2D eigenvalue weighted by Gasteiger charge is -2.33. The molecule has 2 heteroatoms. The smallest absolute Gasteiger partial charge is 0.0256 e. The summed E-state index contributed by atoms with van der Waals surface area (Å²) in [5.74, 6) is 3.58. The van der Waals surface area contributed by atoms with E-state index in [1.807, 2.05) is 0 Å². The standard InChI is InChI=1S/C15H27NS/c1-15(8-3-9-17-15)11-16-14-5-2-4-13(10-14)12-6-7-12/h12-14,16H,2-11H2,1H3. The van der Waals surface area contributed by atoms with Crippen LogP contribution in [0.3, 0.4) is 0 Å². The van der Waals surface area contributed by atoms with Crippen LogP contribution in [0.15, 0.2) is 0 Å². The van der Waals surface area contributed by atoms with Gasteiger partial charge in [-0.1, -0.05) is 12.8 Å². The molecule has 0 aromatic carbocycles. The van der Waals surface area contributed by atoms with Gasteiger partial charge in [-0.3, -0.25) is 0 Å². The number of hydrogen-bond acceptors (Lipinski definition) is 2. The van der Waals surface area contributed by atoms with Crippen LogP contribution in [0, 0.1) is 11.8 Å². The van der Waals surface area contributed by atoms with E-state index in [4.69, 9.17) is 0 Å². The van der Waals surface area contributed by atoms with E-state index < -0.39 is 0 Å². The Kier molecular flexibility index (Phi) is 3.72. The Balaban J connectivity index is 1.44. The molecular weight excluding hydrogens is 226 g/mol. The van der Waals surface area contributed by atoms with Gasteiger partial charge >= 0.3 is 0 Å². The number of nitrogens with one attached hydrogen (secondary N) is 1. The lowest BCUT2D eigenvalue weighted by Crippen LogP contribution is -2.41. The Morgan fingerprint density at radius 2 is 2.00 bits per heavy atom. The summed E-state index contributed by atoms with van der Waals surface area (Å²) in [6, 6.07) is 0.840. The Morgan fingerprint density at radius 1 is 1.12 bits per heavy atom. The van der Waals surface area contributed by atoms with Crippen molar-refractivity contribution in [3.05, 3.63) is 0 Å². The summed E-state index contributed by atoms with van der Waals surface area (Å²) in [6.07, 6.45) is 11.8. The van der Waals surface area contributed by atoms with E-state index in [0.29, 0.717) is 4.75 Å². The average molecular weight is 253 g/mol. The zero-order valence-electron chi connectivity index (χ0n) is 11.2. The summed E-state index contributed by atoms with van der Waals surface area (Å²) in [4.78, 5) is 0. The molecule has 3 fully saturated rings. The first kappa shape index (κ1) is 12.3. The van der Waals surface area contributed by atoms with Gasteiger partial charge in [0.25, 0.3) is 0 Å². The Labute approximate surface area is 111 Å². The molecule has 3 atom stereocenters. The minimum Gasteiger partial charge on any atom is -0.313 e. The molecule has 1 heterocycles. The van der Waals surface area contributed by atoms with Crippen molar-refractivity contribution >= 4 is 11.8 Å². The highest BCUT2D eigenvalue weighted by Crippen LogP contribution is 2.44. The van der Waals surface area contributed by atoms with Crippen molar-refractivity contribution < 1.29 is 0 Å². The largest absolute Gasteiger partial charge is 0.313 e. The summed E-state index contributed by atoms with van der Waals surface area (Å²) in [6.45, 7) is 3.71. The van der Waals surface area contributed by atoms with Crippen molar-refractivity contribution in [1.29, 1.82) is 0 Å². The van der Waals surface area contributed by atoms with E-state index in [2.05, 4.69) is 24.0 Å². The number of rotatable bonds is 4. The topological polar surface area (TPSA) is 12.0 Å².